The van der Waals surface area contributed by atoms with Crippen molar-refractivity contribution in [3.63, 3.8) is 0 Å². The van der Waals surface area contributed by atoms with Gasteiger partial charge in [0, 0.05) is 29.2 Å². The van der Waals surface area contributed by atoms with Gasteiger partial charge in [0.25, 0.3) is 0 Å². The first kappa shape index (κ1) is 20.7. The summed E-state index contributed by atoms with van der Waals surface area (Å²) in [6, 6.07) is 14.3. The third-order valence-electron chi connectivity index (χ3n) is 6.96. The van der Waals surface area contributed by atoms with Crippen molar-refractivity contribution in [2.45, 2.75) is 50.6 Å². The number of amides is 2. The first-order valence-electron chi connectivity index (χ1n) is 11.6. The van der Waals surface area contributed by atoms with Gasteiger partial charge in [-0.1, -0.05) is 31.4 Å². The van der Waals surface area contributed by atoms with E-state index in [0.29, 0.717) is 6.54 Å². The van der Waals surface area contributed by atoms with Crippen molar-refractivity contribution >= 4 is 16.9 Å². The van der Waals surface area contributed by atoms with E-state index in [2.05, 4.69) is 34.6 Å². The smallest absolute Gasteiger partial charge is 0.318 e. The molecule has 2 heterocycles. The third-order valence-corrected chi connectivity index (χ3v) is 6.96. The minimum Gasteiger partial charge on any atom is -0.497 e. The molecule has 2 N–H and O–H groups in total. The molecule has 0 bridgehead atoms. The van der Waals surface area contributed by atoms with Gasteiger partial charge in [0.2, 0.25) is 0 Å². The second kappa shape index (κ2) is 8.77. The monoisotopic (exact) mass is 433 g/mol. The van der Waals surface area contributed by atoms with Gasteiger partial charge >= 0.3 is 6.03 Å². The van der Waals surface area contributed by atoms with Crippen molar-refractivity contribution in [1.82, 2.24) is 15.2 Å². The molecule has 0 saturated heterocycles. The topological polar surface area (TPSA) is 66.6 Å². The number of nitrogens with one attached hydrogen (secondary N) is 2. The Morgan fingerprint density at radius 1 is 1.00 bits per heavy atom. The summed E-state index contributed by atoms with van der Waals surface area (Å²) in [6.07, 6.45) is 6.62. The van der Waals surface area contributed by atoms with Crippen LogP contribution in [0.25, 0.3) is 10.9 Å². The number of H-pyrrole nitrogens is 1. The highest BCUT2D eigenvalue weighted by atomic mass is 16.5. The second-order valence-electron chi connectivity index (χ2n) is 8.83. The largest absolute Gasteiger partial charge is 0.497 e. The van der Waals surface area contributed by atoms with Crippen LogP contribution in [0, 0.1) is 0 Å². The van der Waals surface area contributed by atoms with Gasteiger partial charge in [-0.2, -0.15) is 0 Å². The van der Waals surface area contributed by atoms with Crippen LogP contribution in [0.15, 0.2) is 42.5 Å². The molecule has 1 aromatic heterocycles. The van der Waals surface area contributed by atoms with Crippen molar-refractivity contribution in [2.24, 2.45) is 0 Å². The van der Waals surface area contributed by atoms with Crippen molar-refractivity contribution in [2.75, 3.05) is 20.8 Å². The van der Waals surface area contributed by atoms with Crippen LogP contribution >= 0.6 is 0 Å². The molecule has 1 atom stereocenters. The van der Waals surface area contributed by atoms with Gasteiger partial charge in [-0.3, -0.25) is 0 Å². The van der Waals surface area contributed by atoms with Gasteiger partial charge in [-0.05, 0) is 60.7 Å². The fourth-order valence-electron chi connectivity index (χ4n) is 5.25. The molecule has 2 aliphatic rings. The molecule has 32 heavy (non-hydrogen) atoms. The van der Waals surface area contributed by atoms with Gasteiger partial charge in [-0.15, -0.1) is 0 Å². The minimum atomic E-state index is -0.174. The summed E-state index contributed by atoms with van der Waals surface area (Å²) in [5, 5.41) is 4.49. The summed E-state index contributed by atoms with van der Waals surface area (Å²) in [5.41, 5.74) is 4.50. The van der Waals surface area contributed by atoms with Gasteiger partial charge in [0.1, 0.15) is 11.5 Å². The van der Waals surface area contributed by atoms with Crippen LogP contribution in [-0.4, -0.2) is 42.7 Å². The van der Waals surface area contributed by atoms with Crippen molar-refractivity contribution in [3.05, 3.63) is 59.3 Å². The molecule has 0 spiro atoms. The van der Waals surface area contributed by atoms with E-state index in [-0.39, 0.29) is 18.1 Å². The maximum atomic E-state index is 13.5. The second-order valence-corrected chi connectivity index (χ2v) is 8.83. The Balaban J connectivity index is 1.54. The number of hydrogen-bond acceptors (Lipinski definition) is 3. The van der Waals surface area contributed by atoms with E-state index in [1.54, 1.807) is 14.2 Å². The highest BCUT2D eigenvalue weighted by Gasteiger charge is 2.35. The maximum Gasteiger partial charge on any atom is 0.318 e. The number of fused-ring (bicyclic) bond motifs is 3. The van der Waals surface area contributed by atoms with E-state index < -0.39 is 0 Å². The van der Waals surface area contributed by atoms with Crippen molar-refractivity contribution < 1.29 is 14.3 Å². The normalized spacial score (nSPS) is 18.9. The molecule has 1 aliphatic carbocycles. The number of aromatic nitrogens is 1. The SMILES string of the molecule is COc1ccc([C@H]2c3[nH]c4ccc(OC)cc4c3CCN2C(=O)NC2CCCCC2)cc1. The molecule has 5 rings (SSSR count). The molecule has 3 aromatic rings. The van der Waals surface area contributed by atoms with E-state index in [1.807, 2.05) is 23.1 Å². The number of methoxy groups -OCH3 is 2. The summed E-state index contributed by atoms with van der Waals surface area (Å²) in [6.45, 7) is 0.673. The van der Waals surface area contributed by atoms with Gasteiger partial charge in [0.05, 0.1) is 20.3 Å². The van der Waals surface area contributed by atoms with E-state index in [0.717, 1.165) is 47.5 Å². The number of carbonyl (C=O) groups is 1. The van der Waals surface area contributed by atoms with Gasteiger partial charge in [0.15, 0.2) is 0 Å². The van der Waals surface area contributed by atoms with Crippen molar-refractivity contribution in [3.8, 4) is 11.5 Å². The van der Waals surface area contributed by atoms with E-state index in [4.69, 9.17) is 9.47 Å². The quantitative estimate of drug-likeness (QED) is 0.596. The Bertz CT molecular complexity index is 1100. The lowest BCUT2D eigenvalue weighted by atomic mass is 9.92. The number of carbonyl (C=O) groups excluding carboxylic acids is 1. The van der Waals surface area contributed by atoms with E-state index in [9.17, 15) is 4.79 Å². The molecule has 1 aliphatic heterocycles. The molecule has 1 saturated carbocycles. The zero-order valence-corrected chi connectivity index (χ0v) is 18.8. The van der Waals surface area contributed by atoms with E-state index in [1.165, 1.54) is 30.2 Å². The average molecular weight is 434 g/mol. The van der Waals surface area contributed by atoms with Crippen LogP contribution in [-0.2, 0) is 6.42 Å². The molecule has 2 aromatic carbocycles. The van der Waals surface area contributed by atoms with Crippen molar-refractivity contribution in [1.29, 1.82) is 0 Å². The number of ether oxygens (including phenoxy) is 2. The Hall–Kier alpha value is -3.15. The molecule has 6 heteroatoms. The lowest BCUT2D eigenvalue weighted by Gasteiger charge is -2.37. The Morgan fingerprint density at radius 3 is 2.44 bits per heavy atom. The lowest BCUT2D eigenvalue weighted by molar-refractivity contribution is 0.172. The molecule has 2 amide bonds. The predicted molar refractivity (Wildman–Crippen MR) is 126 cm³/mol. The fourth-order valence-corrected chi connectivity index (χ4v) is 5.25. The standard InChI is InChI=1S/C26H31N3O3/c1-31-19-10-8-17(9-11-19)25-24-21(22-16-20(32-2)12-13-23(22)28-24)14-15-29(25)26(30)27-18-6-4-3-5-7-18/h8-13,16,18,25,28H,3-7,14-15H2,1-2H3,(H,27,30)/t25-/m0/s1. The van der Waals surface area contributed by atoms with Gasteiger partial charge in [-0.25, -0.2) is 4.79 Å². The number of rotatable bonds is 4. The number of urea groups is 1. The molecular formula is C26H31N3O3. The van der Waals surface area contributed by atoms with E-state index >= 15 is 0 Å². The molecule has 6 nitrogen and oxygen atoms in total. The molecule has 0 radical (unpaired) electrons. The Labute approximate surface area is 188 Å². The Morgan fingerprint density at radius 2 is 1.72 bits per heavy atom. The van der Waals surface area contributed by atoms with Crippen LogP contribution in [0.3, 0.4) is 0 Å². The first-order valence-corrected chi connectivity index (χ1v) is 11.6. The predicted octanol–water partition coefficient (Wildman–Crippen LogP) is 5.17. The number of hydrogen-bond donors (Lipinski definition) is 2. The average Bonchev–Trinajstić information content (AvgIpc) is 3.22. The molecule has 168 valence electrons. The summed E-state index contributed by atoms with van der Waals surface area (Å²) >= 11 is 0. The molecule has 1 fully saturated rings. The van der Waals surface area contributed by atoms with Crippen LogP contribution in [0.5, 0.6) is 11.5 Å². The summed E-state index contributed by atoms with van der Waals surface area (Å²) in [5.74, 6) is 1.65. The fraction of sp³-hybridized carbons (Fsp3) is 0.423. The van der Waals surface area contributed by atoms with Crippen LogP contribution in [0.1, 0.15) is 55.0 Å². The zero-order valence-electron chi connectivity index (χ0n) is 18.8. The highest BCUT2D eigenvalue weighted by Crippen LogP contribution is 2.40. The summed E-state index contributed by atoms with van der Waals surface area (Å²) in [4.78, 5) is 19.1. The lowest BCUT2D eigenvalue weighted by Crippen LogP contribution is -2.49. The number of benzene rings is 2. The maximum absolute atomic E-state index is 13.5. The van der Waals surface area contributed by atoms with Crippen LogP contribution in [0.4, 0.5) is 4.79 Å². The van der Waals surface area contributed by atoms with Crippen LogP contribution < -0.4 is 14.8 Å². The first-order chi connectivity index (χ1) is 15.7. The summed E-state index contributed by atoms with van der Waals surface area (Å²) < 4.78 is 10.8. The highest BCUT2D eigenvalue weighted by molar-refractivity contribution is 5.87. The van der Waals surface area contributed by atoms with Gasteiger partial charge < -0.3 is 24.7 Å². The minimum absolute atomic E-state index is 0.0274. The summed E-state index contributed by atoms with van der Waals surface area (Å²) in [7, 11) is 3.36. The third kappa shape index (κ3) is 3.78. The zero-order chi connectivity index (χ0) is 22.1. The van der Waals surface area contributed by atoms with Crippen LogP contribution in [0.2, 0.25) is 0 Å². The Kier molecular flexibility index (Phi) is 5.68. The molecule has 0 unspecified atom stereocenters. The number of aromatic amines is 1. The molecular weight excluding hydrogens is 402 g/mol. The number of nitrogens with zero attached hydrogens (tertiary/aromatic N) is 1.